The molecule has 1 aromatic carbocycles. The highest BCUT2D eigenvalue weighted by Crippen LogP contribution is 2.18. The molecule has 1 aromatic heterocycles. The van der Waals surface area contributed by atoms with Gasteiger partial charge in [-0.3, -0.25) is 4.79 Å². The van der Waals surface area contributed by atoms with Gasteiger partial charge in [-0.25, -0.2) is 0 Å². The Hall–Kier alpha value is -1.13. The van der Waals surface area contributed by atoms with Gasteiger partial charge in [0, 0.05) is 11.0 Å². The van der Waals surface area contributed by atoms with Crippen LogP contribution in [0.5, 0.6) is 0 Å². The van der Waals surface area contributed by atoms with Crippen LogP contribution in [-0.2, 0) is 6.54 Å². The fourth-order valence-electron chi connectivity index (χ4n) is 1.48. The van der Waals surface area contributed by atoms with Gasteiger partial charge in [-0.1, -0.05) is 6.07 Å². The predicted octanol–water partition coefficient (Wildman–Crippen LogP) is 3.75. The molecule has 0 saturated carbocycles. The second-order valence-electron chi connectivity index (χ2n) is 3.80. The molecule has 0 fully saturated rings. The number of aryl methyl sites for hydroxylation is 1. The highest BCUT2D eigenvalue weighted by atomic mass is 79.9. The minimum absolute atomic E-state index is 0.0527. The lowest BCUT2D eigenvalue weighted by molar-refractivity contribution is 0.0950. The molecule has 0 aliphatic carbocycles. The quantitative estimate of drug-likeness (QED) is 0.919. The van der Waals surface area contributed by atoms with Crippen LogP contribution in [0.3, 0.4) is 0 Å². The van der Waals surface area contributed by atoms with Crippen LogP contribution < -0.4 is 5.32 Å². The van der Waals surface area contributed by atoms with Crippen LogP contribution in [0.4, 0.5) is 0 Å². The summed E-state index contributed by atoms with van der Waals surface area (Å²) in [5, 5.41) is 6.93. The number of amides is 1. The summed E-state index contributed by atoms with van der Waals surface area (Å²) in [4.78, 5) is 11.9. The number of hydrogen-bond acceptors (Lipinski definition) is 2. The zero-order valence-corrected chi connectivity index (χ0v) is 11.8. The Kier molecular flexibility index (Phi) is 3.97. The van der Waals surface area contributed by atoms with Gasteiger partial charge in [-0.05, 0) is 62.9 Å². The maximum Gasteiger partial charge on any atom is 0.252 e. The number of rotatable bonds is 3. The van der Waals surface area contributed by atoms with Gasteiger partial charge in [0.05, 0.1) is 5.56 Å². The average molecular weight is 310 g/mol. The van der Waals surface area contributed by atoms with Crippen LogP contribution in [0.1, 0.15) is 21.5 Å². The molecular weight excluding hydrogens is 298 g/mol. The lowest BCUT2D eigenvalue weighted by Gasteiger charge is -2.06. The van der Waals surface area contributed by atoms with E-state index in [1.54, 1.807) is 11.3 Å². The standard InChI is InChI=1S/C13H12BrNOS/c1-9-2-3-11(12(14)6-9)13(16)15-7-10-4-5-17-8-10/h2-6,8H,7H2,1H3,(H,15,16). The van der Waals surface area contributed by atoms with E-state index in [1.165, 1.54) is 0 Å². The maximum atomic E-state index is 11.9. The molecule has 0 bridgehead atoms. The number of thiophene rings is 1. The van der Waals surface area contributed by atoms with Crippen molar-refractivity contribution in [2.45, 2.75) is 13.5 Å². The summed E-state index contributed by atoms with van der Waals surface area (Å²) in [7, 11) is 0. The molecule has 2 nitrogen and oxygen atoms in total. The van der Waals surface area contributed by atoms with Gasteiger partial charge in [0.15, 0.2) is 0 Å². The van der Waals surface area contributed by atoms with Crippen molar-refractivity contribution in [3.05, 3.63) is 56.2 Å². The molecule has 88 valence electrons. The molecule has 0 spiro atoms. The van der Waals surface area contributed by atoms with Crippen LogP contribution in [-0.4, -0.2) is 5.91 Å². The van der Waals surface area contributed by atoms with Crippen molar-refractivity contribution in [2.75, 3.05) is 0 Å². The molecule has 17 heavy (non-hydrogen) atoms. The normalized spacial score (nSPS) is 10.2. The molecule has 1 heterocycles. The Morgan fingerprint density at radius 2 is 2.24 bits per heavy atom. The number of carbonyl (C=O) groups excluding carboxylic acids is 1. The van der Waals surface area contributed by atoms with Crippen LogP contribution in [0.15, 0.2) is 39.5 Å². The third-order valence-corrected chi connectivity index (χ3v) is 3.79. The lowest BCUT2D eigenvalue weighted by Crippen LogP contribution is -2.22. The van der Waals surface area contributed by atoms with Crippen LogP contribution in [0.2, 0.25) is 0 Å². The fourth-order valence-corrected chi connectivity index (χ4v) is 2.82. The Morgan fingerprint density at radius 3 is 2.88 bits per heavy atom. The summed E-state index contributed by atoms with van der Waals surface area (Å²) >= 11 is 5.04. The Labute approximate surface area is 113 Å². The van der Waals surface area contributed by atoms with Crippen molar-refractivity contribution in [3.8, 4) is 0 Å². The van der Waals surface area contributed by atoms with E-state index >= 15 is 0 Å². The summed E-state index contributed by atoms with van der Waals surface area (Å²) in [6.07, 6.45) is 0. The molecule has 1 amide bonds. The zero-order valence-electron chi connectivity index (χ0n) is 9.37. The van der Waals surface area contributed by atoms with Crippen molar-refractivity contribution in [2.24, 2.45) is 0 Å². The van der Waals surface area contributed by atoms with Gasteiger partial charge in [0.25, 0.3) is 5.91 Å². The van der Waals surface area contributed by atoms with Crippen molar-refractivity contribution in [3.63, 3.8) is 0 Å². The molecule has 1 N–H and O–H groups in total. The Balaban J connectivity index is 2.04. The van der Waals surface area contributed by atoms with E-state index in [2.05, 4.69) is 21.2 Å². The molecule has 4 heteroatoms. The summed E-state index contributed by atoms with van der Waals surface area (Å²) < 4.78 is 0.834. The molecule has 2 aromatic rings. The second-order valence-corrected chi connectivity index (χ2v) is 5.43. The van der Waals surface area contributed by atoms with Crippen LogP contribution in [0, 0.1) is 6.92 Å². The Morgan fingerprint density at radius 1 is 1.41 bits per heavy atom. The largest absolute Gasteiger partial charge is 0.348 e. The molecular formula is C13H12BrNOS. The van der Waals surface area contributed by atoms with Crippen molar-refractivity contribution in [1.29, 1.82) is 0 Å². The minimum atomic E-state index is -0.0527. The zero-order chi connectivity index (χ0) is 12.3. The molecule has 0 saturated heterocycles. The van der Waals surface area contributed by atoms with Gasteiger partial charge in [-0.2, -0.15) is 11.3 Å². The first-order chi connectivity index (χ1) is 8.16. The van der Waals surface area contributed by atoms with E-state index in [9.17, 15) is 4.79 Å². The summed E-state index contributed by atoms with van der Waals surface area (Å²) in [5.74, 6) is -0.0527. The third-order valence-electron chi connectivity index (χ3n) is 2.40. The first kappa shape index (κ1) is 12.3. The molecule has 0 aliphatic heterocycles. The average Bonchev–Trinajstić information content (AvgIpc) is 2.78. The predicted molar refractivity (Wildman–Crippen MR) is 74.4 cm³/mol. The summed E-state index contributed by atoms with van der Waals surface area (Å²) in [6.45, 7) is 2.57. The van der Waals surface area contributed by atoms with Crippen LogP contribution in [0.25, 0.3) is 0 Å². The Bertz CT molecular complexity index is 522. The van der Waals surface area contributed by atoms with Crippen LogP contribution >= 0.6 is 27.3 Å². The lowest BCUT2D eigenvalue weighted by atomic mass is 10.1. The van der Waals surface area contributed by atoms with E-state index in [0.29, 0.717) is 12.1 Å². The SMILES string of the molecule is Cc1ccc(C(=O)NCc2ccsc2)c(Br)c1. The van der Waals surface area contributed by atoms with E-state index in [-0.39, 0.29) is 5.91 Å². The van der Waals surface area contributed by atoms with Crippen molar-refractivity contribution < 1.29 is 4.79 Å². The van der Waals surface area contributed by atoms with E-state index < -0.39 is 0 Å². The highest BCUT2D eigenvalue weighted by molar-refractivity contribution is 9.10. The molecule has 2 rings (SSSR count). The molecule has 0 aliphatic rings. The van der Waals surface area contributed by atoms with Gasteiger partial charge < -0.3 is 5.32 Å². The minimum Gasteiger partial charge on any atom is -0.348 e. The molecule has 0 radical (unpaired) electrons. The van der Waals surface area contributed by atoms with Gasteiger partial charge >= 0.3 is 0 Å². The van der Waals surface area contributed by atoms with Gasteiger partial charge in [-0.15, -0.1) is 0 Å². The van der Waals surface area contributed by atoms with Gasteiger partial charge in [0.1, 0.15) is 0 Å². The molecule has 0 atom stereocenters. The number of hydrogen-bond donors (Lipinski definition) is 1. The van der Waals surface area contributed by atoms with E-state index in [4.69, 9.17) is 0 Å². The topological polar surface area (TPSA) is 29.1 Å². The van der Waals surface area contributed by atoms with E-state index in [1.807, 2.05) is 41.9 Å². The summed E-state index contributed by atoms with van der Waals surface area (Å²) in [6, 6.07) is 7.72. The number of benzene rings is 1. The van der Waals surface area contributed by atoms with Gasteiger partial charge in [0.2, 0.25) is 0 Å². The first-order valence-corrected chi connectivity index (χ1v) is 6.96. The van der Waals surface area contributed by atoms with Crippen molar-refractivity contribution >= 4 is 33.2 Å². The smallest absolute Gasteiger partial charge is 0.252 e. The number of halogens is 1. The number of nitrogens with one attached hydrogen (secondary N) is 1. The molecule has 0 unspecified atom stereocenters. The summed E-state index contributed by atoms with van der Waals surface area (Å²) in [5.41, 5.74) is 2.93. The van der Waals surface area contributed by atoms with Crippen molar-refractivity contribution in [1.82, 2.24) is 5.32 Å². The first-order valence-electron chi connectivity index (χ1n) is 5.22. The monoisotopic (exact) mass is 309 g/mol. The second kappa shape index (κ2) is 5.47. The maximum absolute atomic E-state index is 11.9. The fraction of sp³-hybridized carbons (Fsp3) is 0.154. The number of carbonyl (C=O) groups is 1. The third kappa shape index (κ3) is 3.17. The highest BCUT2D eigenvalue weighted by Gasteiger charge is 2.09. The van der Waals surface area contributed by atoms with E-state index in [0.717, 1.165) is 15.6 Å².